The third-order valence-electron chi connectivity index (χ3n) is 4.47. The van der Waals surface area contributed by atoms with Crippen molar-refractivity contribution in [2.24, 2.45) is 7.05 Å². The highest BCUT2D eigenvalue weighted by atomic mass is 32.2. The van der Waals surface area contributed by atoms with Gasteiger partial charge in [0.2, 0.25) is 0 Å². The molecule has 2 aromatic heterocycles. The second kappa shape index (κ2) is 7.90. The summed E-state index contributed by atoms with van der Waals surface area (Å²) in [4.78, 5) is 18.3. The number of benzene rings is 2. The van der Waals surface area contributed by atoms with Crippen LogP contribution in [0.3, 0.4) is 0 Å². The topological polar surface area (TPSA) is 73.0 Å². The van der Waals surface area contributed by atoms with Crippen LogP contribution in [0.25, 0.3) is 11.0 Å². The number of aryl methyl sites for hydroxylation is 2. The number of fused-ring (bicyclic) bond motifs is 1. The molecule has 0 aliphatic rings. The number of nitrogens with one attached hydrogen (secondary N) is 1. The molecule has 0 aliphatic heterocycles. The van der Waals surface area contributed by atoms with Crippen molar-refractivity contribution in [2.45, 2.75) is 24.1 Å². The van der Waals surface area contributed by atoms with Gasteiger partial charge in [0.25, 0.3) is 5.91 Å². The molecule has 0 spiro atoms. The van der Waals surface area contributed by atoms with Crippen LogP contribution in [0.5, 0.6) is 0 Å². The van der Waals surface area contributed by atoms with Gasteiger partial charge in [-0.25, -0.2) is 4.98 Å². The Bertz CT molecular complexity index is 1130. The predicted molar refractivity (Wildman–Crippen MR) is 109 cm³/mol. The molecule has 6 nitrogen and oxygen atoms in total. The summed E-state index contributed by atoms with van der Waals surface area (Å²) in [6.45, 7) is 2.25. The fraction of sp³-hybridized carbons (Fsp3) is 0.190. The maximum atomic E-state index is 12.8. The van der Waals surface area contributed by atoms with E-state index < -0.39 is 0 Å². The van der Waals surface area contributed by atoms with Crippen LogP contribution in [0.2, 0.25) is 0 Å². The zero-order valence-electron chi connectivity index (χ0n) is 15.7. The fourth-order valence-electron chi connectivity index (χ4n) is 3.02. The second-order valence-electron chi connectivity index (χ2n) is 6.48. The molecule has 0 radical (unpaired) electrons. The van der Waals surface area contributed by atoms with Crippen molar-refractivity contribution in [3.63, 3.8) is 0 Å². The van der Waals surface area contributed by atoms with Crippen LogP contribution in [-0.2, 0) is 19.3 Å². The van der Waals surface area contributed by atoms with E-state index in [1.54, 1.807) is 11.8 Å². The van der Waals surface area contributed by atoms with Crippen LogP contribution < -0.4 is 5.32 Å². The largest absolute Gasteiger partial charge is 0.360 e. The lowest BCUT2D eigenvalue weighted by Gasteiger charge is -2.09. The van der Waals surface area contributed by atoms with E-state index in [0.29, 0.717) is 17.9 Å². The van der Waals surface area contributed by atoms with Gasteiger partial charge in [-0.2, -0.15) is 0 Å². The molecule has 0 fully saturated rings. The molecule has 0 bridgehead atoms. The van der Waals surface area contributed by atoms with Gasteiger partial charge in [0.15, 0.2) is 0 Å². The Labute approximate surface area is 166 Å². The molecular formula is C21H20N4O2S. The molecule has 28 heavy (non-hydrogen) atoms. The van der Waals surface area contributed by atoms with Crippen LogP contribution in [0, 0.1) is 6.92 Å². The summed E-state index contributed by atoms with van der Waals surface area (Å²) in [6, 6.07) is 17.4. The van der Waals surface area contributed by atoms with Crippen molar-refractivity contribution in [3.8, 4) is 0 Å². The number of aromatic nitrogens is 3. The molecule has 1 N–H and O–H groups in total. The lowest BCUT2D eigenvalue weighted by molar-refractivity contribution is 0.0946. The highest BCUT2D eigenvalue weighted by molar-refractivity contribution is 7.98. The van der Waals surface area contributed by atoms with Gasteiger partial charge in [-0.15, -0.1) is 11.8 Å². The third-order valence-corrected chi connectivity index (χ3v) is 5.56. The smallest absolute Gasteiger partial charge is 0.252 e. The third kappa shape index (κ3) is 3.80. The minimum atomic E-state index is -0.121. The molecule has 2 aromatic carbocycles. The number of hydrogen-bond donors (Lipinski definition) is 1. The van der Waals surface area contributed by atoms with E-state index in [1.807, 2.05) is 73.1 Å². The number of carbonyl (C=O) groups excluding carboxylic acids is 1. The summed E-state index contributed by atoms with van der Waals surface area (Å²) >= 11 is 1.56. The molecule has 1 amide bonds. The standard InChI is InChI=1S/C21H20N4O2S/c1-14-11-15(27-24-14)13-28-19-10-6-3-7-16(19)21(26)22-12-20-23-17-8-4-5-9-18(17)25(20)2/h3-11H,12-13H2,1-2H3,(H,22,26). The SMILES string of the molecule is Cc1cc(CSc2ccccc2C(=O)NCc2nc3ccccc3n2C)on1. The molecular weight excluding hydrogens is 372 g/mol. The van der Waals surface area contributed by atoms with E-state index in [9.17, 15) is 4.79 Å². The molecule has 0 saturated carbocycles. The predicted octanol–water partition coefficient (Wildman–Crippen LogP) is 4.09. The van der Waals surface area contributed by atoms with Crippen molar-refractivity contribution in [1.82, 2.24) is 20.0 Å². The van der Waals surface area contributed by atoms with Gasteiger partial charge < -0.3 is 14.4 Å². The highest BCUT2D eigenvalue weighted by Crippen LogP contribution is 2.26. The summed E-state index contributed by atoms with van der Waals surface area (Å²) in [5.41, 5.74) is 3.46. The van der Waals surface area contributed by atoms with Crippen LogP contribution in [0.4, 0.5) is 0 Å². The molecule has 0 aliphatic carbocycles. The van der Waals surface area contributed by atoms with Crippen molar-refractivity contribution in [2.75, 3.05) is 0 Å². The molecule has 0 saturated heterocycles. The minimum absolute atomic E-state index is 0.121. The molecule has 142 valence electrons. The summed E-state index contributed by atoms with van der Waals surface area (Å²) in [7, 11) is 1.96. The van der Waals surface area contributed by atoms with Crippen molar-refractivity contribution in [3.05, 3.63) is 77.4 Å². The lowest BCUT2D eigenvalue weighted by atomic mass is 10.2. The van der Waals surface area contributed by atoms with Gasteiger partial charge in [-0.1, -0.05) is 29.4 Å². The van der Waals surface area contributed by atoms with Crippen LogP contribution in [-0.4, -0.2) is 20.6 Å². The number of rotatable bonds is 6. The normalized spacial score (nSPS) is 11.1. The Morgan fingerprint density at radius 3 is 2.75 bits per heavy atom. The Kier molecular flexibility index (Phi) is 5.16. The summed E-state index contributed by atoms with van der Waals surface area (Å²) in [6.07, 6.45) is 0. The molecule has 7 heteroatoms. The molecule has 4 rings (SSSR count). The second-order valence-corrected chi connectivity index (χ2v) is 7.50. The number of imidazole rings is 1. The Balaban J connectivity index is 1.46. The zero-order valence-corrected chi connectivity index (χ0v) is 16.5. The van der Waals surface area contributed by atoms with E-state index in [4.69, 9.17) is 4.52 Å². The molecule has 4 aromatic rings. The monoisotopic (exact) mass is 392 g/mol. The van der Waals surface area contributed by atoms with E-state index in [0.717, 1.165) is 33.2 Å². The van der Waals surface area contributed by atoms with Gasteiger partial charge in [-0.3, -0.25) is 4.79 Å². The first-order valence-electron chi connectivity index (χ1n) is 8.94. The van der Waals surface area contributed by atoms with Gasteiger partial charge in [0.1, 0.15) is 11.6 Å². The van der Waals surface area contributed by atoms with Crippen molar-refractivity contribution < 1.29 is 9.32 Å². The number of nitrogens with zero attached hydrogens (tertiary/aromatic N) is 3. The van der Waals surface area contributed by atoms with Crippen LogP contribution >= 0.6 is 11.8 Å². The van der Waals surface area contributed by atoms with E-state index in [1.165, 1.54) is 0 Å². The van der Waals surface area contributed by atoms with Crippen LogP contribution in [0.15, 0.2) is 64.0 Å². The Morgan fingerprint density at radius 2 is 1.96 bits per heavy atom. The van der Waals surface area contributed by atoms with Gasteiger partial charge in [0.05, 0.1) is 34.6 Å². The van der Waals surface area contributed by atoms with Gasteiger partial charge in [0, 0.05) is 18.0 Å². The average molecular weight is 392 g/mol. The quantitative estimate of drug-likeness (QED) is 0.500. The number of para-hydroxylation sites is 2. The number of hydrogen-bond acceptors (Lipinski definition) is 5. The molecule has 0 unspecified atom stereocenters. The maximum Gasteiger partial charge on any atom is 0.252 e. The summed E-state index contributed by atoms with van der Waals surface area (Å²) in [5.74, 6) is 2.11. The first kappa shape index (κ1) is 18.3. The maximum absolute atomic E-state index is 12.8. The molecule has 0 atom stereocenters. The number of thioether (sulfide) groups is 1. The number of amides is 1. The van der Waals surface area contributed by atoms with E-state index >= 15 is 0 Å². The fourth-order valence-corrected chi connectivity index (χ4v) is 3.95. The summed E-state index contributed by atoms with van der Waals surface area (Å²) in [5, 5.41) is 6.89. The average Bonchev–Trinajstić information content (AvgIpc) is 3.28. The lowest BCUT2D eigenvalue weighted by Crippen LogP contribution is -2.24. The highest BCUT2D eigenvalue weighted by Gasteiger charge is 2.14. The van der Waals surface area contributed by atoms with Gasteiger partial charge >= 0.3 is 0 Å². The Morgan fingerprint density at radius 1 is 1.18 bits per heavy atom. The zero-order chi connectivity index (χ0) is 19.5. The van der Waals surface area contributed by atoms with E-state index in [2.05, 4.69) is 15.5 Å². The van der Waals surface area contributed by atoms with Crippen LogP contribution in [0.1, 0.15) is 27.6 Å². The van der Waals surface area contributed by atoms with Crippen molar-refractivity contribution >= 4 is 28.7 Å². The first-order valence-corrected chi connectivity index (χ1v) is 9.93. The van der Waals surface area contributed by atoms with Crippen molar-refractivity contribution in [1.29, 1.82) is 0 Å². The summed E-state index contributed by atoms with van der Waals surface area (Å²) < 4.78 is 7.25. The minimum Gasteiger partial charge on any atom is -0.360 e. The number of carbonyl (C=O) groups is 1. The van der Waals surface area contributed by atoms with E-state index in [-0.39, 0.29) is 5.91 Å². The molecule has 2 heterocycles. The Hall–Kier alpha value is -3.06. The van der Waals surface area contributed by atoms with Gasteiger partial charge in [-0.05, 0) is 31.2 Å². The first-order chi connectivity index (χ1) is 13.6.